The second-order valence-electron chi connectivity index (χ2n) is 6.78. The number of hydrogen-bond acceptors (Lipinski definition) is 4. The minimum atomic E-state index is -0.490. The predicted octanol–water partition coefficient (Wildman–Crippen LogP) is 3.65. The van der Waals surface area contributed by atoms with Gasteiger partial charge in [-0.15, -0.1) is 0 Å². The van der Waals surface area contributed by atoms with Gasteiger partial charge in [0, 0.05) is 24.9 Å². The number of nitrogens with one attached hydrogen (secondary N) is 2. The summed E-state index contributed by atoms with van der Waals surface area (Å²) in [4.78, 5) is 11.8. The summed E-state index contributed by atoms with van der Waals surface area (Å²) in [7, 11) is 0. The van der Waals surface area contributed by atoms with E-state index in [4.69, 9.17) is 9.47 Å². The van der Waals surface area contributed by atoms with Crippen LogP contribution in [-0.2, 0) is 15.9 Å². The Kier molecular flexibility index (Phi) is 6.02. The number of rotatable bonds is 6. The molecule has 0 spiro atoms. The second kappa shape index (κ2) is 7.79. The third-order valence-corrected chi connectivity index (χ3v) is 3.71. The quantitative estimate of drug-likeness (QED) is 0.786. The van der Waals surface area contributed by atoms with Crippen LogP contribution in [0.2, 0.25) is 0 Å². The van der Waals surface area contributed by atoms with Crippen LogP contribution in [0.4, 0.5) is 10.5 Å². The summed E-state index contributed by atoms with van der Waals surface area (Å²) in [6.45, 7) is 9.92. The molecule has 5 nitrogen and oxygen atoms in total. The topological polar surface area (TPSA) is 59.6 Å². The summed E-state index contributed by atoms with van der Waals surface area (Å²) >= 11 is 0. The Morgan fingerprint density at radius 3 is 2.83 bits per heavy atom. The highest BCUT2D eigenvalue weighted by atomic mass is 16.6. The van der Waals surface area contributed by atoms with E-state index in [1.165, 1.54) is 11.1 Å². The molecule has 1 aromatic rings. The highest BCUT2D eigenvalue weighted by molar-refractivity contribution is 5.85. The van der Waals surface area contributed by atoms with E-state index < -0.39 is 11.7 Å². The fourth-order valence-corrected chi connectivity index (χ4v) is 2.78. The van der Waals surface area contributed by atoms with Crippen molar-refractivity contribution in [3.8, 4) is 0 Å². The number of fused-ring (bicyclic) bond motifs is 1. The Morgan fingerprint density at radius 1 is 1.35 bits per heavy atom. The molecule has 1 atom stereocenters. The number of carbonyl (C=O) groups excluding carboxylic acids is 1. The van der Waals surface area contributed by atoms with E-state index in [0.29, 0.717) is 6.04 Å². The van der Waals surface area contributed by atoms with Gasteiger partial charge in [0.1, 0.15) is 5.60 Å². The van der Waals surface area contributed by atoms with Gasteiger partial charge in [0.25, 0.3) is 0 Å². The van der Waals surface area contributed by atoms with Gasteiger partial charge in [0.15, 0.2) is 0 Å². The van der Waals surface area contributed by atoms with E-state index in [2.05, 4.69) is 16.7 Å². The molecule has 1 aliphatic carbocycles. The molecule has 2 rings (SSSR count). The van der Waals surface area contributed by atoms with Gasteiger partial charge in [0.2, 0.25) is 0 Å². The average molecular weight is 320 g/mol. The number of hydrogen-bond donors (Lipinski definition) is 2. The molecular weight excluding hydrogens is 292 g/mol. The predicted molar refractivity (Wildman–Crippen MR) is 91.9 cm³/mol. The molecule has 0 fully saturated rings. The van der Waals surface area contributed by atoms with Crippen LogP contribution >= 0.6 is 0 Å². The number of benzene rings is 1. The van der Waals surface area contributed by atoms with Gasteiger partial charge in [-0.2, -0.15) is 0 Å². The maximum atomic E-state index is 11.8. The zero-order valence-electron chi connectivity index (χ0n) is 14.6. The highest BCUT2D eigenvalue weighted by Crippen LogP contribution is 2.32. The maximum absolute atomic E-state index is 11.8. The van der Waals surface area contributed by atoms with Crippen molar-refractivity contribution in [2.75, 3.05) is 25.1 Å². The first-order chi connectivity index (χ1) is 10.9. The standard InChI is InChI=1S/C18H28N2O3/c1-5-22-11-10-19-16-9-6-13-12-14(7-8-15(13)16)20-17(21)23-18(2,3)4/h7-8,12,16,19H,5-6,9-11H2,1-4H3,(H,20,21). The Morgan fingerprint density at radius 2 is 2.13 bits per heavy atom. The van der Waals surface area contributed by atoms with Crippen LogP contribution < -0.4 is 10.6 Å². The molecule has 5 heteroatoms. The molecule has 1 aromatic carbocycles. The van der Waals surface area contributed by atoms with Crippen LogP contribution in [0.5, 0.6) is 0 Å². The average Bonchev–Trinajstić information content (AvgIpc) is 2.84. The lowest BCUT2D eigenvalue weighted by molar-refractivity contribution is 0.0636. The molecule has 0 aliphatic heterocycles. The van der Waals surface area contributed by atoms with Crippen LogP contribution in [0.15, 0.2) is 18.2 Å². The number of amides is 1. The van der Waals surface area contributed by atoms with Gasteiger partial charge in [-0.1, -0.05) is 6.07 Å². The summed E-state index contributed by atoms with van der Waals surface area (Å²) in [6, 6.07) is 6.45. The zero-order valence-corrected chi connectivity index (χ0v) is 14.6. The van der Waals surface area contributed by atoms with Crippen LogP contribution in [0, 0.1) is 0 Å². The first-order valence-electron chi connectivity index (χ1n) is 8.33. The molecule has 128 valence electrons. The smallest absolute Gasteiger partial charge is 0.412 e. The van der Waals surface area contributed by atoms with E-state index >= 15 is 0 Å². The van der Waals surface area contributed by atoms with Crippen molar-refractivity contribution in [1.29, 1.82) is 0 Å². The van der Waals surface area contributed by atoms with Gasteiger partial charge in [0.05, 0.1) is 6.61 Å². The van der Waals surface area contributed by atoms with Crippen molar-refractivity contribution in [2.45, 2.75) is 52.2 Å². The monoisotopic (exact) mass is 320 g/mol. The van der Waals surface area contributed by atoms with Gasteiger partial charge in [-0.05, 0) is 63.8 Å². The lowest BCUT2D eigenvalue weighted by Crippen LogP contribution is -2.27. The molecule has 23 heavy (non-hydrogen) atoms. The molecule has 0 saturated carbocycles. The normalized spacial score (nSPS) is 17.0. The molecule has 0 radical (unpaired) electrons. The number of anilines is 1. The largest absolute Gasteiger partial charge is 0.444 e. The van der Waals surface area contributed by atoms with E-state index in [9.17, 15) is 4.79 Å². The minimum absolute atomic E-state index is 0.376. The van der Waals surface area contributed by atoms with E-state index in [-0.39, 0.29) is 0 Å². The van der Waals surface area contributed by atoms with Crippen LogP contribution in [-0.4, -0.2) is 31.5 Å². The maximum Gasteiger partial charge on any atom is 0.412 e. The minimum Gasteiger partial charge on any atom is -0.444 e. The van der Waals surface area contributed by atoms with Crippen molar-refractivity contribution in [3.05, 3.63) is 29.3 Å². The van der Waals surface area contributed by atoms with Crippen molar-refractivity contribution in [3.63, 3.8) is 0 Å². The summed E-state index contributed by atoms with van der Waals surface area (Å²) in [5.41, 5.74) is 2.90. The summed E-state index contributed by atoms with van der Waals surface area (Å²) in [6.07, 6.45) is 1.69. The van der Waals surface area contributed by atoms with Crippen molar-refractivity contribution < 1.29 is 14.3 Å². The van der Waals surface area contributed by atoms with E-state index in [1.807, 2.05) is 39.8 Å². The van der Waals surface area contributed by atoms with Gasteiger partial charge in [-0.25, -0.2) is 4.79 Å². The Labute approximate surface area is 138 Å². The van der Waals surface area contributed by atoms with Crippen molar-refractivity contribution >= 4 is 11.8 Å². The summed E-state index contributed by atoms with van der Waals surface area (Å²) in [5.74, 6) is 0. The number of carbonyl (C=O) groups is 1. The van der Waals surface area contributed by atoms with Gasteiger partial charge >= 0.3 is 6.09 Å². The molecule has 2 N–H and O–H groups in total. The SMILES string of the molecule is CCOCCNC1CCc2cc(NC(=O)OC(C)(C)C)ccc21. The third-order valence-electron chi connectivity index (χ3n) is 3.71. The molecule has 1 unspecified atom stereocenters. The van der Waals surface area contributed by atoms with Crippen molar-refractivity contribution in [2.24, 2.45) is 0 Å². The molecule has 1 aliphatic rings. The Bertz CT molecular complexity index is 538. The molecule has 1 amide bonds. The summed E-state index contributed by atoms with van der Waals surface area (Å²) in [5, 5.41) is 6.33. The first-order valence-corrected chi connectivity index (χ1v) is 8.33. The van der Waals surface area contributed by atoms with Crippen molar-refractivity contribution in [1.82, 2.24) is 5.32 Å². The molecule has 0 saturated heterocycles. The fourth-order valence-electron chi connectivity index (χ4n) is 2.78. The molecule has 0 heterocycles. The molecule has 0 aromatic heterocycles. The molecule has 0 bridgehead atoms. The third kappa shape index (κ3) is 5.52. The number of ether oxygens (including phenoxy) is 2. The lowest BCUT2D eigenvalue weighted by atomic mass is 10.1. The summed E-state index contributed by atoms with van der Waals surface area (Å²) < 4.78 is 10.6. The first kappa shape index (κ1) is 17.8. The van der Waals surface area contributed by atoms with Crippen LogP contribution in [0.25, 0.3) is 0 Å². The Balaban J connectivity index is 1.92. The zero-order chi connectivity index (χ0) is 16.9. The number of aryl methyl sites for hydroxylation is 1. The van der Waals surface area contributed by atoms with Crippen LogP contribution in [0.1, 0.15) is 51.3 Å². The molecular formula is C18H28N2O3. The fraction of sp³-hybridized carbons (Fsp3) is 0.611. The second-order valence-corrected chi connectivity index (χ2v) is 6.78. The van der Waals surface area contributed by atoms with Crippen LogP contribution in [0.3, 0.4) is 0 Å². The lowest BCUT2D eigenvalue weighted by Gasteiger charge is -2.20. The van der Waals surface area contributed by atoms with E-state index in [0.717, 1.165) is 38.3 Å². The highest BCUT2D eigenvalue weighted by Gasteiger charge is 2.23. The van der Waals surface area contributed by atoms with Gasteiger partial charge in [-0.3, -0.25) is 5.32 Å². The Hall–Kier alpha value is -1.59. The van der Waals surface area contributed by atoms with Gasteiger partial charge < -0.3 is 14.8 Å². The van der Waals surface area contributed by atoms with E-state index in [1.54, 1.807) is 0 Å².